The molecule has 0 radical (unpaired) electrons. The number of anilines is 1. The lowest BCUT2D eigenvalue weighted by Gasteiger charge is -2.57. The maximum absolute atomic E-state index is 15.1. The van der Waals surface area contributed by atoms with Crippen LogP contribution in [0.25, 0.3) is 6.08 Å². The monoisotopic (exact) mass is 538 g/mol. The predicted molar refractivity (Wildman–Crippen MR) is 146 cm³/mol. The first kappa shape index (κ1) is 24.4. The van der Waals surface area contributed by atoms with E-state index in [1.807, 2.05) is 41.3 Å². The predicted octanol–water partition coefficient (Wildman–Crippen LogP) is 6.44. The van der Waals surface area contributed by atoms with Crippen LogP contribution in [0.5, 0.6) is 0 Å². The molecule has 8 heteroatoms. The smallest absolute Gasteiger partial charge is 0.288 e. The van der Waals surface area contributed by atoms with Crippen molar-refractivity contribution in [1.29, 1.82) is 10.5 Å². The lowest BCUT2D eigenvalue weighted by Crippen LogP contribution is -2.56. The van der Waals surface area contributed by atoms with Gasteiger partial charge in [0.05, 0.1) is 29.1 Å². The van der Waals surface area contributed by atoms with Crippen molar-refractivity contribution in [1.82, 2.24) is 0 Å². The molecule has 2 aromatic carbocycles. The number of Topliss-reactive ketones (excluding diaryl/α,β-unsaturated/α-hetero) is 1. The highest BCUT2D eigenvalue weighted by atomic mass is 35.5. The van der Waals surface area contributed by atoms with Crippen molar-refractivity contribution >= 4 is 34.8 Å². The first-order chi connectivity index (χ1) is 18.8. The van der Waals surface area contributed by atoms with Crippen LogP contribution in [-0.4, -0.2) is 22.8 Å². The number of ketones is 1. The van der Waals surface area contributed by atoms with Crippen molar-refractivity contribution in [3.63, 3.8) is 0 Å². The van der Waals surface area contributed by atoms with E-state index >= 15 is 4.79 Å². The summed E-state index contributed by atoms with van der Waals surface area (Å²) in [6.07, 6.45) is 9.88. The molecule has 2 aromatic rings. The first-order valence-electron chi connectivity index (χ1n) is 13.7. The van der Waals surface area contributed by atoms with Gasteiger partial charge >= 0.3 is 0 Å². The Kier molecular flexibility index (Phi) is 5.25. The van der Waals surface area contributed by atoms with Crippen LogP contribution < -0.4 is 4.90 Å². The number of nitriles is 2. The van der Waals surface area contributed by atoms with E-state index in [0.29, 0.717) is 23.3 Å². The summed E-state index contributed by atoms with van der Waals surface area (Å²) < 4.78 is 0. The third-order valence-electron chi connectivity index (χ3n) is 10.3. The zero-order valence-corrected chi connectivity index (χ0v) is 22.1. The van der Waals surface area contributed by atoms with E-state index in [1.165, 1.54) is 31.4 Å². The summed E-state index contributed by atoms with van der Waals surface area (Å²) in [4.78, 5) is 28.4. The number of para-hydroxylation sites is 1. The molecule has 2 heterocycles. The molecule has 8 rings (SSSR count). The van der Waals surface area contributed by atoms with E-state index < -0.39 is 33.8 Å². The Bertz CT molecular complexity index is 1490. The highest BCUT2D eigenvalue weighted by molar-refractivity contribution is 6.32. The van der Waals surface area contributed by atoms with Crippen molar-refractivity contribution in [3.05, 3.63) is 74.8 Å². The van der Waals surface area contributed by atoms with Crippen LogP contribution in [0.4, 0.5) is 11.4 Å². The molecule has 3 atom stereocenters. The van der Waals surface area contributed by atoms with Crippen LogP contribution in [-0.2, 0) is 4.79 Å². The average Bonchev–Trinajstić information content (AvgIpc) is 3.23. The van der Waals surface area contributed by atoms with Crippen LogP contribution in [0, 0.1) is 61.4 Å². The van der Waals surface area contributed by atoms with Gasteiger partial charge in [-0.2, -0.15) is 10.5 Å². The molecule has 0 unspecified atom stereocenters. The number of hydrogen-bond acceptors (Lipinski definition) is 6. The molecule has 0 amide bonds. The second-order valence-corrected chi connectivity index (χ2v) is 12.7. The van der Waals surface area contributed by atoms with E-state index in [4.69, 9.17) is 11.6 Å². The molecular weight excluding hydrogens is 512 g/mol. The first-order valence-corrected chi connectivity index (χ1v) is 14.0. The quantitative estimate of drug-likeness (QED) is 0.327. The van der Waals surface area contributed by atoms with Crippen LogP contribution in [0.2, 0.25) is 5.02 Å². The minimum Gasteiger partial charge on any atom is -0.351 e. The van der Waals surface area contributed by atoms with Crippen molar-refractivity contribution in [2.24, 2.45) is 28.6 Å². The number of halogens is 1. The fourth-order valence-electron chi connectivity index (χ4n) is 9.20. The number of rotatable bonds is 4. The Morgan fingerprint density at radius 3 is 2.28 bits per heavy atom. The largest absolute Gasteiger partial charge is 0.351 e. The highest BCUT2D eigenvalue weighted by Gasteiger charge is 2.67. The van der Waals surface area contributed by atoms with Gasteiger partial charge in [-0.05, 0) is 79.5 Å². The zero-order chi connectivity index (χ0) is 27.1. The third-order valence-corrected chi connectivity index (χ3v) is 10.6. The number of nitro benzene ring substituents is 1. The van der Waals surface area contributed by atoms with Gasteiger partial charge in [0.25, 0.3) is 5.69 Å². The molecule has 4 aliphatic carbocycles. The van der Waals surface area contributed by atoms with E-state index in [2.05, 4.69) is 12.1 Å². The van der Waals surface area contributed by atoms with E-state index in [9.17, 15) is 20.6 Å². The molecule has 4 bridgehead atoms. The highest BCUT2D eigenvalue weighted by Crippen LogP contribution is 2.64. The lowest BCUT2D eigenvalue weighted by molar-refractivity contribution is -0.384. The summed E-state index contributed by atoms with van der Waals surface area (Å²) in [7, 11) is 0. The summed E-state index contributed by atoms with van der Waals surface area (Å²) in [5.41, 5.74) is -0.247. The third kappa shape index (κ3) is 3.29. The number of nitro groups is 1. The summed E-state index contributed by atoms with van der Waals surface area (Å²) in [5.74, 6) is 0.824. The van der Waals surface area contributed by atoms with Crippen LogP contribution >= 0.6 is 11.6 Å². The Labute approximate surface area is 231 Å². The molecule has 6 aliphatic rings. The van der Waals surface area contributed by atoms with Gasteiger partial charge in [-0.25, -0.2) is 0 Å². The van der Waals surface area contributed by atoms with Gasteiger partial charge in [0.15, 0.2) is 11.2 Å². The van der Waals surface area contributed by atoms with Gasteiger partial charge < -0.3 is 4.90 Å². The minimum atomic E-state index is -1.63. The molecule has 0 N–H and O–H groups in total. The van der Waals surface area contributed by atoms with Gasteiger partial charge in [0.1, 0.15) is 5.02 Å². The second-order valence-electron chi connectivity index (χ2n) is 12.3. The standard InChI is InChI=1S/C31H27ClN4O3/c32-23-7-5-22(12-25(23)36(38)39)27-28(29(37)30-13-18-9-19(14-30)11-20(10-18)15-30)35-24-4-2-1-3-21(24)6-8-26(35)31(27,16-33)17-34/h1-8,12,18-20,26-28H,9-11,13-15H2/t18?,19?,20?,26-,27-,28-,30?/m1/s1. The number of fused-ring (bicyclic) bond motifs is 3. The van der Waals surface area contributed by atoms with Gasteiger partial charge in [-0.3, -0.25) is 14.9 Å². The topological polar surface area (TPSA) is 111 Å². The molecule has 39 heavy (non-hydrogen) atoms. The molecule has 7 nitrogen and oxygen atoms in total. The molecule has 1 saturated heterocycles. The molecule has 196 valence electrons. The minimum absolute atomic E-state index is 0.0202. The van der Waals surface area contributed by atoms with Gasteiger partial charge in [0, 0.05) is 23.1 Å². The Morgan fingerprint density at radius 1 is 1.03 bits per heavy atom. The number of carbonyl (C=O) groups is 1. The summed E-state index contributed by atoms with van der Waals surface area (Å²) in [6.45, 7) is 0. The summed E-state index contributed by atoms with van der Waals surface area (Å²) in [5, 5.41) is 33.2. The zero-order valence-electron chi connectivity index (χ0n) is 21.3. The second kappa shape index (κ2) is 8.41. The fourth-order valence-corrected chi connectivity index (χ4v) is 9.38. The van der Waals surface area contributed by atoms with Crippen molar-refractivity contribution < 1.29 is 9.72 Å². The number of benzene rings is 2. The molecule has 4 saturated carbocycles. The van der Waals surface area contributed by atoms with Gasteiger partial charge in [-0.15, -0.1) is 0 Å². The van der Waals surface area contributed by atoms with Crippen LogP contribution in [0.1, 0.15) is 55.6 Å². The molecular formula is C31H27ClN4O3. The Balaban J connectivity index is 1.46. The van der Waals surface area contributed by atoms with E-state index in [0.717, 1.165) is 30.5 Å². The number of nitrogens with zero attached hydrogens (tertiary/aromatic N) is 4. The van der Waals surface area contributed by atoms with Crippen LogP contribution in [0.3, 0.4) is 0 Å². The average molecular weight is 539 g/mol. The normalized spacial score (nSPS) is 34.6. The van der Waals surface area contributed by atoms with Crippen molar-refractivity contribution in [3.8, 4) is 12.1 Å². The molecule has 0 aromatic heterocycles. The van der Waals surface area contributed by atoms with Gasteiger partial charge in [0.2, 0.25) is 0 Å². The Hall–Kier alpha value is -3.68. The van der Waals surface area contributed by atoms with E-state index in [-0.39, 0.29) is 16.5 Å². The molecule has 0 spiro atoms. The van der Waals surface area contributed by atoms with Crippen molar-refractivity contribution in [2.45, 2.75) is 56.5 Å². The Morgan fingerprint density at radius 2 is 1.67 bits per heavy atom. The van der Waals surface area contributed by atoms with Crippen molar-refractivity contribution in [2.75, 3.05) is 4.90 Å². The van der Waals surface area contributed by atoms with Crippen LogP contribution in [0.15, 0.2) is 48.5 Å². The SMILES string of the molecule is N#CC1(C#N)[C@H](c2ccc(Cl)c([N+](=O)[O-])c2)[C@H](C(=O)C23CC4CC(CC(C4)C2)C3)N2c3ccccc3C=C[C@@H]21. The maximum Gasteiger partial charge on any atom is 0.288 e. The number of hydrogen-bond donors (Lipinski definition) is 0. The van der Waals surface area contributed by atoms with E-state index in [1.54, 1.807) is 6.07 Å². The summed E-state index contributed by atoms with van der Waals surface area (Å²) >= 11 is 6.18. The lowest BCUT2D eigenvalue weighted by atomic mass is 9.47. The number of carbonyl (C=O) groups excluding carboxylic acids is 1. The molecule has 5 fully saturated rings. The fraction of sp³-hybridized carbons (Fsp3) is 0.452. The van der Waals surface area contributed by atoms with Gasteiger partial charge in [-0.1, -0.05) is 48.0 Å². The molecule has 2 aliphatic heterocycles. The maximum atomic E-state index is 15.1. The summed E-state index contributed by atoms with van der Waals surface area (Å²) in [6, 6.07) is 15.4.